The van der Waals surface area contributed by atoms with E-state index in [9.17, 15) is 9.59 Å². The first-order valence-electron chi connectivity index (χ1n) is 9.72. The number of rotatable bonds is 5. The van der Waals surface area contributed by atoms with Crippen molar-refractivity contribution in [3.8, 4) is 0 Å². The topological polar surface area (TPSA) is 55.4 Å². The summed E-state index contributed by atoms with van der Waals surface area (Å²) in [4.78, 5) is 24.1. The van der Waals surface area contributed by atoms with E-state index < -0.39 is 0 Å². The lowest BCUT2D eigenvalue weighted by Crippen LogP contribution is -2.36. The molecule has 1 N–H and O–H groups in total. The van der Waals surface area contributed by atoms with Gasteiger partial charge >= 0.3 is 5.97 Å². The van der Waals surface area contributed by atoms with Crippen LogP contribution in [0.4, 0.5) is 0 Å². The largest absolute Gasteiger partial charge is 0.459 e. The minimum Gasteiger partial charge on any atom is -0.459 e. The maximum atomic E-state index is 12.1. The molecule has 0 radical (unpaired) electrons. The normalized spacial score (nSPS) is 15.6. The van der Waals surface area contributed by atoms with E-state index in [1.165, 1.54) is 12.0 Å². The molecule has 144 valence electrons. The second kappa shape index (κ2) is 8.70. The highest BCUT2D eigenvalue weighted by Crippen LogP contribution is 2.27. The summed E-state index contributed by atoms with van der Waals surface area (Å²) in [6.45, 7) is 10.9. The third-order valence-electron chi connectivity index (χ3n) is 5.32. The van der Waals surface area contributed by atoms with E-state index in [4.69, 9.17) is 4.74 Å². The molecule has 0 unspecified atom stereocenters. The Labute approximate surface area is 157 Å². The Hall–Kier alpha value is -1.84. The Bertz CT molecular complexity index is 629. The monoisotopic (exact) mass is 359 g/mol. The van der Waals surface area contributed by atoms with Gasteiger partial charge in [0.2, 0.25) is 5.91 Å². The smallest absolute Gasteiger partial charge is 0.325 e. The molecule has 4 heteroatoms. The lowest BCUT2D eigenvalue weighted by molar-refractivity contribution is -0.145. The second-order valence-corrected chi connectivity index (χ2v) is 8.55. The maximum absolute atomic E-state index is 12.1. The molecule has 1 aliphatic rings. The van der Waals surface area contributed by atoms with E-state index in [0.29, 0.717) is 0 Å². The summed E-state index contributed by atoms with van der Waals surface area (Å²) in [6.07, 6.45) is 5.27. The fraction of sp³-hybridized carbons (Fsp3) is 0.636. The average Bonchev–Trinajstić information content (AvgIpc) is 2.58. The van der Waals surface area contributed by atoms with Crippen LogP contribution in [0.15, 0.2) is 12.1 Å². The van der Waals surface area contributed by atoms with Crippen molar-refractivity contribution >= 4 is 11.9 Å². The van der Waals surface area contributed by atoms with Gasteiger partial charge in [-0.2, -0.15) is 0 Å². The minimum atomic E-state index is -0.382. The van der Waals surface area contributed by atoms with Crippen molar-refractivity contribution < 1.29 is 14.3 Å². The van der Waals surface area contributed by atoms with Gasteiger partial charge in [-0.05, 0) is 54.4 Å². The van der Waals surface area contributed by atoms with Crippen LogP contribution >= 0.6 is 0 Å². The Morgan fingerprint density at radius 1 is 1.08 bits per heavy atom. The lowest BCUT2D eigenvalue weighted by Gasteiger charge is -2.22. The van der Waals surface area contributed by atoms with Crippen LogP contribution in [0, 0.1) is 19.8 Å². The van der Waals surface area contributed by atoms with Crippen LogP contribution < -0.4 is 5.32 Å². The van der Waals surface area contributed by atoms with E-state index in [0.717, 1.165) is 42.4 Å². The van der Waals surface area contributed by atoms with Crippen molar-refractivity contribution in [1.82, 2.24) is 5.32 Å². The SMILES string of the molecule is Cc1cc(C(C)(C)C)cc(C)c1COC(=O)CNC(=O)C1CCCCC1. The van der Waals surface area contributed by atoms with Gasteiger partial charge in [0.1, 0.15) is 13.2 Å². The van der Waals surface area contributed by atoms with Gasteiger partial charge in [0.15, 0.2) is 0 Å². The van der Waals surface area contributed by atoms with E-state index in [-0.39, 0.29) is 36.4 Å². The van der Waals surface area contributed by atoms with Crippen molar-refractivity contribution in [2.75, 3.05) is 6.54 Å². The molecule has 0 aromatic heterocycles. The molecule has 1 fully saturated rings. The van der Waals surface area contributed by atoms with Crippen LogP contribution in [-0.4, -0.2) is 18.4 Å². The summed E-state index contributed by atoms with van der Waals surface area (Å²) in [5, 5.41) is 2.73. The van der Waals surface area contributed by atoms with Gasteiger partial charge in [-0.1, -0.05) is 52.2 Å². The van der Waals surface area contributed by atoms with Crippen molar-refractivity contribution in [2.45, 2.75) is 78.7 Å². The third-order valence-corrected chi connectivity index (χ3v) is 5.32. The van der Waals surface area contributed by atoms with Crippen LogP contribution in [0.25, 0.3) is 0 Å². The molecule has 0 atom stereocenters. The Morgan fingerprint density at radius 3 is 2.19 bits per heavy atom. The van der Waals surface area contributed by atoms with Gasteiger partial charge in [-0.3, -0.25) is 9.59 Å². The van der Waals surface area contributed by atoms with Gasteiger partial charge in [-0.15, -0.1) is 0 Å². The number of carbonyl (C=O) groups excluding carboxylic acids is 2. The first-order chi connectivity index (χ1) is 12.2. The van der Waals surface area contributed by atoms with E-state index in [1.807, 2.05) is 0 Å². The highest BCUT2D eigenvalue weighted by molar-refractivity contribution is 5.83. The number of benzene rings is 1. The Balaban J connectivity index is 1.86. The summed E-state index contributed by atoms with van der Waals surface area (Å²) in [5.41, 5.74) is 4.68. The van der Waals surface area contributed by atoms with Gasteiger partial charge < -0.3 is 10.1 Å². The van der Waals surface area contributed by atoms with E-state index >= 15 is 0 Å². The Morgan fingerprint density at radius 2 is 1.65 bits per heavy atom. The molecule has 2 rings (SSSR count). The molecular weight excluding hydrogens is 326 g/mol. The standard InChI is InChI=1S/C22H33NO3/c1-15-11-18(22(3,4)5)12-16(2)19(15)14-26-20(24)13-23-21(25)17-9-7-6-8-10-17/h11-12,17H,6-10,13-14H2,1-5H3,(H,23,25). The summed E-state index contributed by atoms with van der Waals surface area (Å²) in [5.74, 6) is -0.331. The molecule has 0 spiro atoms. The molecule has 1 amide bonds. The van der Waals surface area contributed by atoms with Crippen LogP contribution in [0.5, 0.6) is 0 Å². The highest BCUT2D eigenvalue weighted by atomic mass is 16.5. The number of esters is 1. The summed E-state index contributed by atoms with van der Waals surface area (Å²) >= 11 is 0. The quantitative estimate of drug-likeness (QED) is 0.796. The zero-order chi connectivity index (χ0) is 19.3. The molecular formula is C22H33NO3. The lowest BCUT2D eigenvalue weighted by atomic mass is 9.84. The van der Waals surface area contributed by atoms with Gasteiger partial charge in [0.25, 0.3) is 0 Å². The number of aryl methyl sites for hydroxylation is 2. The van der Waals surface area contributed by atoms with Crippen molar-refractivity contribution in [3.63, 3.8) is 0 Å². The molecule has 0 heterocycles. The van der Waals surface area contributed by atoms with E-state index in [1.54, 1.807) is 0 Å². The fourth-order valence-electron chi connectivity index (χ4n) is 3.53. The van der Waals surface area contributed by atoms with Crippen molar-refractivity contribution in [3.05, 3.63) is 34.4 Å². The van der Waals surface area contributed by atoms with Gasteiger partial charge in [0.05, 0.1) is 0 Å². The third kappa shape index (κ3) is 5.58. The number of amides is 1. The zero-order valence-electron chi connectivity index (χ0n) is 16.9. The van der Waals surface area contributed by atoms with E-state index in [2.05, 4.69) is 52.1 Å². The summed E-state index contributed by atoms with van der Waals surface area (Å²) < 4.78 is 5.40. The first kappa shape index (κ1) is 20.5. The van der Waals surface area contributed by atoms with Crippen molar-refractivity contribution in [1.29, 1.82) is 0 Å². The second-order valence-electron chi connectivity index (χ2n) is 8.55. The number of nitrogens with one attached hydrogen (secondary N) is 1. The Kier molecular flexibility index (Phi) is 6.85. The van der Waals surface area contributed by atoms with Gasteiger partial charge in [0, 0.05) is 5.92 Å². The van der Waals surface area contributed by atoms with Crippen LogP contribution in [0.1, 0.15) is 75.1 Å². The number of hydrogen-bond donors (Lipinski definition) is 1. The maximum Gasteiger partial charge on any atom is 0.325 e. The zero-order valence-corrected chi connectivity index (χ0v) is 16.9. The summed E-state index contributed by atoms with van der Waals surface area (Å²) in [6, 6.07) is 4.34. The molecule has 0 bridgehead atoms. The minimum absolute atomic E-state index is 0.0106. The predicted octanol–water partition coefficient (Wildman–Crippen LogP) is 4.34. The summed E-state index contributed by atoms with van der Waals surface area (Å²) in [7, 11) is 0. The molecule has 0 aliphatic heterocycles. The van der Waals surface area contributed by atoms with Gasteiger partial charge in [-0.25, -0.2) is 0 Å². The van der Waals surface area contributed by atoms with Crippen LogP contribution in [-0.2, 0) is 26.3 Å². The molecule has 0 saturated heterocycles. The molecule has 26 heavy (non-hydrogen) atoms. The van der Waals surface area contributed by atoms with Crippen molar-refractivity contribution in [2.24, 2.45) is 5.92 Å². The molecule has 1 saturated carbocycles. The molecule has 4 nitrogen and oxygen atoms in total. The number of carbonyl (C=O) groups is 2. The fourth-order valence-corrected chi connectivity index (χ4v) is 3.53. The highest BCUT2D eigenvalue weighted by Gasteiger charge is 2.22. The average molecular weight is 360 g/mol. The van der Waals surface area contributed by atoms with Crippen LogP contribution in [0.2, 0.25) is 0 Å². The first-order valence-corrected chi connectivity index (χ1v) is 9.72. The van der Waals surface area contributed by atoms with Crippen LogP contribution in [0.3, 0.4) is 0 Å². The number of ether oxygens (including phenoxy) is 1. The predicted molar refractivity (Wildman–Crippen MR) is 104 cm³/mol. The molecule has 1 aromatic rings. The molecule has 1 aliphatic carbocycles. The molecule has 1 aromatic carbocycles. The number of hydrogen-bond acceptors (Lipinski definition) is 3.